The zero-order chi connectivity index (χ0) is 10.1. The van der Waals surface area contributed by atoms with Crippen LogP contribution in [0.15, 0.2) is 0 Å². The molecule has 3 heteroatoms. The van der Waals surface area contributed by atoms with Gasteiger partial charge in [0.25, 0.3) is 0 Å². The van der Waals surface area contributed by atoms with Crippen molar-refractivity contribution in [2.24, 2.45) is 5.41 Å². The van der Waals surface area contributed by atoms with Crippen LogP contribution in [0, 0.1) is 5.41 Å². The lowest BCUT2D eigenvalue weighted by Crippen LogP contribution is -2.43. The highest BCUT2D eigenvalue weighted by Gasteiger charge is 2.41. The second kappa shape index (κ2) is 4.96. The van der Waals surface area contributed by atoms with Crippen LogP contribution >= 0.6 is 37.2 Å². The lowest BCUT2D eigenvalue weighted by atomic mass is 9.79. The van der Waals surface area contributed by atoms with E-state index in [0.29, 0.717) is 5.41 Å². The summed E-state index contributed by atoms with van der Waals surface area (Å²) >= 11 is 4.24. The summed E-state index contributed by atoms with van der Waals surface area (Å²) in [6.45, 7) is 4.84. The van der Waals surface area contributed by atoms with Crippen molar-refractivity contribution in [1.82, 2.24) is 4.90 Å². The monoisotopic (exact) mass is 407 g/mol. The fourth-order valence-corrected chi connectivity index (χ4v) is 2.94. The largest absolute Gasteiger partial charge is 0.300 e. The third kappa shape index (κ3) is 2.93. The number of piperidine rings is 1. The molecule has 2 saturated heterocycles. The Bertz CT molecular complexity index is 154. The van der Waals surface area contributed by atoms with E-state index < -0.39 is 0 Å². The van der Waals surface area contributed by atoms with Gasteiger partial charge in [-0.1, -0.05) is 13.8 Å². The zero-order valence-corrected chi connectivity index (χ0v) is 13.0. The normalized spacial score (nSPS) is 36.7. The first-order chi connectivity index (χ1) is 6.08. The Kier molecular flexibility index (Phi) is 4.77. The van der Waals surface area contributed by atoms with Gasteiger partial charge in [0.05, 0.1) is 0 Å². The first-order valence-electron chi connectivity index (χ1n) is 4.95. The summed E-state index contributed by atoms with van der Waals surface area (Å²) in [5, 5.41) is 0. The minimum absolute atomic E-state index is 0.623. The molecule has 0 aromatic carbocycles. The summed E-state index contributed by atoms with van der Waals surface area (Å²) in [6.07, 6.45) is 5.73. The molecular formula is C10H19I2N. The minimum Gasteiger partial charge on any atom is -0.300 e. The van der Waals surface area contributed by atoms with Crippen LogP contribution in [0.5, 0.6) is 0 Å². The van der Waals surface area contributed by atoms with Gasteiger partial charge in [-0.2, -0.15) is 0 Å². The van der Waals surface area contributed by atoms with Crippen molar-refractivity contribution >= 4 is 37.2 Å². The van der Waals surface area contributed by atoms with Gasteiger partial charge in [-0.15, -0.1) is 0 Å². The number of nitrogens with zero attached hydrogens (tertiary/aromatic N) is 1. The van der Waals surface area contributed by atoms with Crippen LogP contribution in [0.4, 0.5) is 0 Å². The molecule has 2 aliphatic heterocycles. The molecule has 2 rings (SSSR count). The predicted molar refractivity (Wildman–Crippen MR) is 75.6 cm³/mol. The second-order valence-corrected chi connectivity index (χ2v) is 5.12. The van der Waals surface area contributed by atoms with Crippen LogP contribution in [-0.4, -0.2) is 24.0 Å². The summed E-state index contributed by atoms with van der Waals surface area (Å²) < 4.78 is 0. The van der Waals surface area contributed by atoms with E-state index in [2.05, 4.69) is 63.0 Å². The van der Waals surface area contributed by atoms with Gasteiger partial charge in [-0.05, 0) is 38.1 Å². The van der Waals surface area contributed by atoms with Gasteiger partial charge in [-0.25, -0.2) is 0 Å². The molecule has 1 nitrogen and oxygen atoms in total. The number of halogens is 2. The van der Waals surface area contributed by atoms with E-state index >= 15 is 0 Å². The maximum atomic E-state index is 2.60. The summed E-state index contributed by atoms with van der Waals surface area (Å²) in [4.78, 5) is 2.60. The van der Waals surface area contributed by atoms with Gasteiger partial charge in [0.1, 0.15) is 0 Å². The highest BCUT2D eigenvalue weighted by Crippen LogP contribution is 2.43. The van der Waals surface area contributed by atoms with Crippen LogP contribution in [0.25, 0.3) is 0 Å². The van der Waals surface area contributed by atoms with Crippen molar-refractivity contribution in [3.8, 4) is 0 Å². The second-order valence-electron chi connectivity index (χ2n) is 5.12. The van der Waals surface area contributed by atoms with E-state index in [-0.39, 0.29) is 0 Å². The van der Waals surface area contributed by atoms with Crippen molar-refractivity contribution in [2.75, 3.05) is 7.05 Å². The topological polar surface area (TPSA) is 3.24 Å². The van der Waals surface area contributed by atoms with Crippen LogP contribution in [-0.2, 0) is 0 Å². The van der Waals surface area contributed by atoms with Gasteiger partial charge in [-0.3, -0.25) is 0 Å². The fourth-order valence-electron chi connectivity index (χ4n) is 2.94. The van der Waals surface area contributed by atoms with E-state index in [0.717, 1.165) is 12.1 Å². The molecule has 0 amide bonds. The summed E-state index contributed by atoms with van der Waals surface area (Å²) in [7, 11) is 2.30. The van der Waals surface area contributed by atoms with Crippen LogP contribution < -0.4 is 0 Å². The number of hydrogen-bond acceptors (Lipinski definition) is 1. The summed E-state index contributed by atoms with van der Waals surface area (Å²) in [5.41, 5.74) is 0.623. The lowest BCUT2D eigenvalue weighted by molar-refractivity contribution is 0.0856. The first kappa shape index (κ1) is 12.5. The van der Waals surface area contributed by atoms with Gasteiger partial charge in [0.2, 0.25) is 0 Å². The lowest BCUT2D eigenvalue weighted by Gasteiger charge is -2.41. The van der Waals surface area contributed by atoms with E-state index in [4.69, 9.17) is 0 Å². The van der Waals surface area contributed by atoms with Crippen LogP contribution in [0.3, 0.4) is 0 Å². The van der Waals surface area contributed by atoms with Crippen LogP contribution in [0.2, 0.25) is 0 Å². The Morgan fingerprint density at radius 3 is 1.85 bits per heavy atom. The maximum Gasteiger partial charge on any atom is 0.0101 e. The van der Waals surface area contributed by atoms with E-state index in [1.165, 1.54) is 25.7 Å². The molecule has 0 spiro atoms. The smallest absolute Gasteiger partial charge is 0.0101 e. The fraction of sp³-hybridized carbons (Fsp3) is 1.00. The average Bonchev–Trinajstić information content (AvgIpc) is 2.35. The molecule has 0 saturated carbocycles. The summed E-state index contributed by atoms with van der Waals surface area (Å²) in [6, 6.07) is 1.81. The quantitative estimate of drug-likeness (QED) is 0.549. The highest BCUT2D eigenvalue weighted by molar-refractivity contribution is 15.0. The third-order valence-corrected chi connectivity index (χ3v) is 3.56. The third-order valence-electron chi connectivity index (χ3n) is 3.56. The average molecular weight is 407 g/mol. The molecular weight excluding hydrogens is 388 g/mol. The maximum absolute atomic E-state index is 2.60. The Hall–Kier alpha value is 1.42. The molecule has 2 fully saturated rings. The first-order valence-corrected chi connectivity index (χ1v) is 11.2. The van der Waals surface area contributed by atoms with E-state index in [1.54, 1.807) is 0 Å². The van der Waals surface area contributed by atoms with Crippen molar-refractivity contribution < 1.29 is 0 Å². The van der Waals surface area contributed by atoms with Gasteiger partial charge < -0.3 is 4.90 Å². The predicted octanol–water partition coefficient (Wildman–Crippen LogP) is 4.04. The summed E-state index contributed by atoms with van der Waals surface area (Å²) in [5.74, 6) is 0. The molecule has 0 aromatic rings. The number of hydrogen-bond donors (Lipinski definition) is 0. The Labute approximate surface area is 105 Å². The van der Waals surface area contributed by atoms with Crippen LogP contribution in [0.1, 0.15) is 39.5 Å². The van der Waals surface area contributed by atoms with Gasteiger partial charge >= 0.3 is 0 Å². The van der Waals surface area contributed by atoms with Crippen molar-refractivity contribution in [2.45, 2.75) is 51.6 Å². The molecule has 13 heavy (non-hydrogen) atoms. The number of fused-ring (bicyclic) bond motifs is 2. The zero-order valence-electron chi connectivity index (χ0n) is 8.69. The molecule has 2 unspecified atom stereocenters. The molecule has 0 radical (unpaired) electrons. The standard InChI is InChI=1S/C10H19N.I2/c1-10(2)6-8-4-5-9(7-10)11(8)3;1-2/h8-9H,4-7H2,1-3H3;. The SMILES string of the molecule is CN1C2CCC1CC(C)(C)C2.II. The molecule has 2 aliphatic rings. The Balaban J connectivity index is 0.000000396. The molecule has 0 aromatic heterocycles. The highest BCUT2D eigenvalue weighted by atomic mass is 128. The molecule has 0 aliphatic carbocycles. The molecule has 2 heterocycles. The van der Waals surface area contributed by atoms with E-state index in [9.17, 15) is 0 Å². The van der Waals surface area contributed by atoms with Gasteiger partial charge in [0, 0.05) is 49.3 Å². The van der Waals surface area contributed by atoms with Crippen molar-refractivity contribution in [3.63, 3.8) is 0 Å². The molecule has 2 bridgehead atoms. The Morgan fingerprint density at radius 2 is 1.46 bits per heavy atom. The molecule has 0 N–H and O–H groups in total. The molecule has 78 valence electrons. The van der Waals surface area contributed by atoms with Crippen molar-refractivity contribution in [3.05, 3.63) is 0 Å². The Morgan fingerprint density at radius 1 is 1.08 bits per heavy atom. The molecule has 2 atom stereocenters. The minimum atomic E-state index is 0.623. The van der Waals surface area contributed by atoms with Gasteiger partial charge in [0.15, 0.2) is 0 Å². The van der Waals surface area contributed by atoms with Crippen molar-refractivity contribution in [1.29, 1.82) is 0 Å². The van der Waals surface area contributed by atoms with E-state index in [1.807, 2.05) is 0 Å². The number of rotatable bonds is 0.